The Bertz CT molecular complexity index is 433. The molecule has 0 amide bonds. The number of rotatable bonds is 7. The number of aromatic nitrogens is 2. The molecule has 4 nitrogen and oxygen atoms in total. The fourth-order valence-corrected chi connectivity index (χ4v) is 1.93. The maximum absolute atomic E-state index is 11.7. The predicted molar refractivity (Wildman–Crippen MR) is 75.2 cm³/mol. The molecule has 1 N–H and O–H groups in total. The van der Waals surface area contributed by atoms with Gasteiger partial charge in [-0.3, -0.25) is 4.79 Å². The van der Waals surface area contributed by atoms with E-state index in [1.165, 1.54) is 4.68 Å². The van der Waals surface area contributed by atoms with Crippen LogP contribution in [-0.4, -0.2) is 28.3 Å². The second kappa shape index (κ2) is 7.40. The molecule has 1 rings (SSSR count). The van der Waals surface area contributed by atoms with Crippen molar-refractivity contribution in [2.45, 2.75) is 13.0 Å². The largest absolute Gasteiger partial charge is 0.382 e. The Balaban J connectivity index is 2.71. The zero-order valence-electron chi connectivity index (χ0n) is 9.78. The number of nitrogens with one attached hydrogen (secondary N) is 1. The minimum absolute atomic E-state index is 0.186. The van der Waals surface area contributed by atoms with Crippen LogP contribution in [0.4, 0.5) is 5.69 Å². The van der Waals surface area contributed by atoms with Gasteiger partial charge in [-0.1, -0.05) is 17.7 Å². The standard InChI is InChI=1S/C11H16ClN3OS/c1-3-6-15-11(16)10(12)9(8-14-15)13-5-4-7-17-2/h3,8,13H,1,4-7H2,2H3. The van der Waals surface area contributed by atoms with Crippen LogP contribution in [0.2, 0.25) is 5.02 Å². The Hall–Kier alpha value is -0.940. The van der Waals surface area contributed by atoms with E-state index < -0.39 is 0 Å². The lowest BCUT2D eigenvalue weighted by atomic mass is 10.4. The summed E-state index contributed by atoms with van der Waals surface area (Å²) in [6.07, 6.45) is 6.26. The normalized spacial score (nSPS) is 10.2. The molecule has 1 heterocycles. The molecule has 0 radical (unpaired) electrons. The van der Waals surface area contributed by atoms with E-state index in [0.717, 1.165) is 18.7 Å². The average Bonchev–Trinajstić information content (AvgIpc) is 2.33. The third-order valence-corrected chi connectivity index (χ3v) is 3.19. The highest BCUT2D eigenvalue weighted by Gasteiger charge is 2.07. The molecule has 6 heteroatoms. The zero-order chi connectivity index (χ0) is 12.7. The number of halogens is 1. The summed E-state index contributed by atoms with van der Waals surface area (Å²) in [6.45, 7) is 4.71. The van der Waals surface area contributed by atoms with Crippen LogP contribution in [0.25, 0.3) is 0 Å². The lowest BCUT2D eigenvalue weighted by Crippen LogP contribution is -2.23. The third kappa shape index (κ3) is 4.09. The number of hydrogen-bond donors (Lipinski definition) is 1. The van der Waals surface area contributed by atoms with Crippen LogP contribution in [0.5, 0.6) is 0 Å². The molecule has 1 aromatic rings. The van der Waals surface area contributed by atoms with Crippen LogP contribution in [0.3, 0.4) is 0 Å². The van der Waals surface area contributed by atoms with Gasteiger partial charge < -0.3 is 5.32 Å². The molecule has 1 aromatic heterocycles. The molecule has 0 spiro atoms. The van der Waals surface area contributed by atoms with E-state index in [0.29, 0.717) is 12.2 Å². The molecular formula is C11H16ClN3OS. The Labute approximate surface area is 110 Å². The first-order valence-electron chi connectivity index (χ1n) is 5.30. The van der Waals surface area contributed by atoms with Gasteiger partial charge in [0.15, 0.2) is 0 Å². The molecule has 0 aliphatic heterocycles. The molecule has 0 atom stereocenters. The van der Waals surface area contributed by atoms with Crippen molar-refractivity contribution in [1.82, 2.24) is 9.78 Å². The SMILES string of the molecule is C=CCn1ncc(NCCCSC)c(Cl)c1=O. The molecule has 0 aliphatic carbocycles. The van der Waals surface area contributed by atoms with E-state index >= 15 is 0 Å². The van der Waals surface area contributed by atoms with Gasteiger partial charge in [0.1, 0.15) is 5.02 Å². The van der Waals surface area contributed by atoms with Gasteiger partial charge in [-0.2, -0.15) is 16.9 Å². The summed E-state index contributed by atoms with van der Waals surface area (Å²) in [7, 11) is 0. The first kappa shape index (κ1) is 14.1. The van der Waals surface area contributed by atoms with E-state index in [9.17, 15) is 4.79 Å². The molecule has 17 heavy (non-hydrogen) atoms. The first-order chi connectivity index (χ1) is 8.20. The quantitative estimate of drug-likeness (QED) is 0.611. The summed E-state index contributed by atoms with van der Waals surface area (Å²) in [5.41, 5.74) is 0.305. The second-order valence-electron chi connectivity index (χ2n) is 3.42. The van der Waals surface area contributed by atoms with Gasteiger partial charge in [-0.05, 0) is 18.4 Å². The highest BCUT2D eigenvalue weighted by molar-refractivity contribution is 7.98. The monoisotopic (exact) mass is 273 g/mol. The summed E-state index contributed by atoms with van der Waals surface area (Å²) in [6, 6.07) is 0. The summed E-state index contributed by atoms with van der Waals surface area (Å²) in [4.78, 5) is 11.7. The molecule has 0 aliphatic rings. The Morgan fingerprint density at radius 1 is 1.71 bits per heavy atom. The van der Waals surface area contributed by atoms with Crippen molar-refractivity contribution in [1.29, 1.82) is 0 Å². The summed E-state index contributed by atoms with van der Waals surface area (Å²) >= 11 is 7.76. The summed E-state index contributed by atoms with van der Waals surface area (Å²) in [5.74, 6) is 1.07. The second-order valence-corrected chi connectivity index (χ2v) is 4.78. The van der Waals surface area contributed by atoms with E-state index in [-0.39, 0.29) is 10.6 Å². The average molecular weight is 274 g/mol. The van der Waals surface area contributed by atoms with E-state index in [2.05, 4.69) is 23.3 Å². The zero-order valence-corrected chi connectivity index (χ0v) is 11.4. The van der Waals surface area contributed by atoms with E-state index in [4.69, 9.17) is 11.6 Å². The van der Waals surface area contributed by atoms with E-state index in [1.807, 2.05) is 0 Å². The Morgan fingerprint density at radius 2 is 2.47 bits per heavy atom. The number of allylic oxidation sites excluding steroid dienone is 1. The van der Waals surface area contributed by atoms with Crippen molar-refractivity contribution >= 4 is 29.1 Å². The molecule has 0 unspecified atom stereocenters. The molecule has 94 valence electrons. The fourth-order valence-electron chi connectivity index (χ4n) is 1.28. The number of hydrogen-bond acceptors (Lipinski definition) is 4. The fraction of sp³-hybridized carbons (Fsp3) is 0.455. The van der Waals surface area contributed by atoms with Crippen LogP contribution in [0, 0.1) is 0 Å². The van der Waals surface area contributed by atoms with Crippen LogP contribution in [0.1, 0.15) is 6.42 Å². The van der Waals surface area contributed by atoms with Gasteiger partial charge in [0.25, 0.3) is 5.56 Å². The molecule has 0 saturated heterocycles. The van der Waals surface area contributed by atoms with Crippen molar-refractivity contribution in [3.05, 3.63) is 34.2 Å². The lowest BCUT2D eigenvalue weighted by molar-refractivity contribution is 0.653. The van der Waals surface area contributed by atoms with Gasteiger partial charge >= 0.3 is 0 Å². The summed E-state index contributed by atoms with van der Waals surface area (Å²) in [5, 5.41) is 7.31. The molecule has 0 aromatic carbocycles. The smallest absolute Gasteiger partial charge is 0.287 e. The van der Waals surface area contributed by atoms with Crippen LogP contribution in [0.15, 0.2) is 23.6 Å². The highest BCUT2D eigenvalue weighted by atomic mass is 35.5. The number of anilines is 1. The highest BCUT2D eigenvalue weighted by Crippen LogP contribution is 2.15. The van der Waals surface area contributed by atoms with Gasteiger partial charge in [-0.15, -0.1) is 6.58 Å². The van der Waals surface area contributed by atoms with Gasteiger partial charge in [0.2, 0.25) is 0 Å². The maximum atomic E-state index is 11.7. The first-order valence-corrected chi connectivity index (χ1v) is 7.07. The van der Waals surface area contributed by atoms with Gasteiger partial charge in [0, 0.05) is 6.54 Å². The van der Waals surface area contributed by atoms with Gasteiger partial charge in [0.05, 0.1) is 18.4 Å². The van der Waals surface area contributed by atoms with Crippen LogP contribution >= 0.6 is 23.4 Å². The molecule has 0 bridgehead atoms. The minimum Gasteiger partial charge on any atom is -0.382 e. The van der Waals surface area contributed by atoms with Crippen LogP contribution < -0.4 is 10.9 Å². The molecular weight excluding hydrogens is 258 g/mol. The predicted octanol–water partition coefficient (Wildman–Crippen LogP) is 2.25. The molecule has 0 fully saturated rings. The lowest BCUT2D eigenvalue weighted by Gasteiger charge is -2.08. The van der Waals surface area contributed by atoms with Crippen molar-refractivity contribution in [3.8, 4) is 0 Å². The van der Waals surface area contributed by atoms with Crippen molar-refractivity contribution < 1.29 is 0 Å². The number of thioether (sulfide) groups is 1. The summed E-state index contributed by atoms with van der Waals surface area (Å²) < 4.78 is 1.28. The van der Waals surface area contributed by atoms with Crippen molar-refractivity contribution in [3.63, 3.8) is 0 Å². The maximum Gasteiger partial charge on any atom is 0.287 e. The van der Waals surface area contributed by atoms with E-state index in [1.54, 1.807) is 24.0 Å². The van der Waals surface area contributed by atoms with Crippen molar-refractivity contribution in [2.24, 2.45) is 0 Å². The topological polar surface area (TPSA) is 46.9 Å². The molecule has 0 saturated carbocycles. The number of nitrogens with zero attached hydrogens (tertiary/aromatic N) is 2. The Kier molecular flexibility index (Phi) is 6.15. The minimum atomic E-state index is -0.290. The Morgan fingerprint density at radius 3 is 3.12 bits per heavy atom. The van der Waals surface area contributed by atoms with Gasteiger partial charge in [-0.25, -0.2) is 4.68 Å². The van der Waals surface area contributed by atoms with Crippen molar-refractivity contribution in [2.75, 3.05) is 23.9 Å². The van der Waals surface area contributed by atoms with Crippen LogP contribution in [-0.2, 0) is 6.54 Å². The third-order valence-electron chi connectivity index (χ3n) is 2.13.